The fourth-order valence-electron chi connectivity index (χ4n) is 3.36. The van der Waals surface area contributed by atoms with E-state index < -0.39 is 0 Å². The van der Waals surface area contributed by atoms with Crippen LogP contribution in [0.3, 0.4) is 0 Å². The zero-order valence-corrected chi connectivity index (χ0v) is 15.4. The summed E-state index contributed by atoms with van der Waals surface area (Å²) in [5.41, 5.74) is 2.75. The first-order chi connectivity index (χ1) is 10.0. The van der Waals surface area contributed by atoms with Gasteiger partial charge < -0.3 is 5.32 Å². The van der Waals surface area contributed by atoms with Gasteiger partial charge in [-0.25, -0.2) is 0 Å². The van der Waals surface area contributed by atoms with Crippen molar-refractivity contribution < 1.29 is 0 Å². The molecule has 21 heavy (non-hydrogen) atoms. The Kier molecular flexibility index (Phi) is 6.27. The Morgan fingerprint density at radius 1 is 1.29 bits per heavy atom. The predicted octanol–water partition coefficient (Wildman–Crippen LogP) is 4.43. The summed E-state index contributed by atoms with van der Waals surface area (Å²) in [5.74, 6) is 1.60. The maximum atomic E-state index is 3.76. The molecule has 1 aliphatic rings. The molecule has 3 unspecified atom stereocenters. The molecule has 1 aromatic rings. The molecule has 0 saturated carbocycles. The molecule has 118 valence electrons. The Bertz CT molecular complexity index is 461. The molecule has 1 N–H and O–H groups in total. The van der Waals surface area contributed by atoms with Crippen LogP contribution in [0, 0.1) is 11.8 Å². The van der Waals surface area contributed by atoms with E-state index in [-0.39, 0.29) is 0 Å². The third-order valence-corrected chi connectivity index (χ3v) is 5.53. The van der Waals surface area contributed by atoms with Crippen molar-refractivity contribution in [3.8, 4) is 0 Å². The van der Waals surface area contributed by atoms with Gasteiger partial charge in [0.2, 0.25) is 0 Å². The molecule has 3 heteroatoms. The van der Waals surface area contributed by atoms with E-state index in [1.807, 2.05) is 0 Å². The summed E-state index contributed by atoms with van der Waals surface area (Å²) in [6.45, 7) is 13.5. The standard InChI is InChI=1S/C18H29BrN2/c1-5-20-10-16-6-7-17(18(19)9-16)12-21-11-13(2)8-14(3)15(21)4/h6-7,9,13-15,20H,5,8,10-12H2,1-4H3. The lowest BCUT2D eigenvalue weighted by atomic mass is 9.86. The van der Waals surface area contributed by atoms with Gasteiger partial charge in [-0.2, -0.15) is 0 Å². The quantitative estimate of drug-likeness (QED) is 0.843. The number of piperidine rings is 1. The van der Waals surface area contributed by atoms with Gasteiger partial charge in [-0.1, -0.05) is 48.8 Å². The van der Waals surface area contributed by atoms with Gasteiger partial charge in [0.1, 0.15) is 0 Å². The third kappa shape index (κ3) is 4.54. The van der Waals surface area contributed by atoms with Crippen molar-refractivity contribution in [2.45, 2.75) is 53.2 Å². The molecule has 0 radical (unpaired) electrons. The SMILES string of the molecule is CCNCc1ccc(CN2CC(C)CC(C)C2C)c(Br)c1. The van der Waals surface area contributed by atoms with Gasteiger partial charge in [-0.05, 0) is 48.9 Å². The number of likely N-dealkylation sites (tertiary alicyclic amines) is 1. The Labute approximate surface area is 138 Å². The maximum absolute atomic E-state index is 3.76. The summed E-state index contributed by atoms with van der Waals surface area (Å²) in [7, 11) is 0. The largest absolute Gasteiger partial charge is 0.313 e. The monoisotopic (exact) mass is 352 g/mol. The first kappa shape index (κ1) is 17.0. The Morgan fingerprint density at radius 3 is 2.71 bits per heavy atom. The van der Waals surface area contributed by atoms with Crippen LogP contribution >= 0.6 is 15.9 Å². The fraction of sp³-hybridized carbons (Fsp3) is 0.667. The van der Waals surface area contributed by atoms with E-state index in [2.05, 4.69) is 72.0 Å². The molecule has 0 bridgehead atoms. The van der Waals surface area contributed by atoms with Crippen molar-refractivity contribution in [1.29, 1.82) is 0 Å². The van der Waals surface area contributed by atoms with E-state index in [0.717, 1.165) is 31.5 Å². The van der Waals surface area contributed by atoms with Crippen LogP contribution in [0.25, 0.3) is 0 Å². The van der Waals surface area contributed by atoms with Gasteiger partial charge in [0, 0.05) is 30.1 Å². The molecule has 0 spiro atoms. The predicted molar refractivity (Wildman–Crippen MR) is 94.3 cm³/mol. The van der Waals surface area contributed by atoms with Crippen LogP contribution in [0.1, 0.15) is 45.2 Å². The van der Waals surface area contributed by atoms with E-state index in [1.54, 1.807) is 0 Å². The first-order valence-electron chi connectivity index (χ1n) is 8.23. The number of hydrogen-bond acceptors (Lipinski definition) is 2. The summed E-state index contributed by atoms with van der Waals surface area (Å²) in [4.78, 5) is 2.64. The van der Waals surface area contributed by atoms with Gasteiger partial charge in [-0.15, -0.1) is 0 Å². The molecule has 2 rings (SSSR count). The van der Waals surface area contributed by atoms with Crippen molar-refractivity contribution in [3.05, 3.63) is 33.8 Å². The van der Waals surface area contributed by atoms with E-state index in [4.69, 9.17) is 0 Å². The number of benzene rings is 1. The van der Waals surface area contributed by atoms with Gasteiger partial charge in [-0.3, -0.25) is 4.90 Å². The molecule has 2 nitrogen and oxygen atoms in total. The molecule has 0 amide bonds. The molecule has 1 heterocycles. The second kappa shape index (κ2) is 7.75. The van der Waals surface area contributed by atoms with E-state index in [0.29, 0.717) is 6.04 Å². The Hall–Kier alpha value is -0.380. The van der Waals surface area contributed by atoms with E-state index in [1.165, 1.54) is 28.6 Å². The molecule has 3 atom stereocenters. The molecule has 1 aliphatic heterocycles. The lowest BCUT2D eigenvalue weighted by Crippen LogP contribution is -2.45. The van der Waals surface area contributed by atoms with Crippen LogP contribution in [0.5, 0.6) is 0 Å². The highest BCUT2D eigenvalue weighted by Gasteiger charge is 2.28. The van der Waals surface area contributed by atoms with Crippen molar-refractivity contribution in [1.82, 2.24) is 10.2 Å². The highest BCUT2D eigenvalue weighted by molar-refractivity contribution is 9.10. The minimum atomic E-state index is 0.675. The lowest BCUT2D eigenvalue weighted by molar-refractivity contribution is 0.0728. The average Bonchev–Trinajstić information content (AvgIpc) is 2.44. The summed E-state index contributed by atoms with van der Waals surface area (Å²) >= 11 is 3.76. The molecule has 1 aromatic carbocycles. The van der Waals surface area contributed by atoms with Crippen LogP contribution in [0.4, 0.5) is 0 Å². The van der Waals surface area contributed by atoms with Crippen LogP contribution in [-0.2, 0) is 13.1 Å². The van der Waals surface area contributed by atoms with Gasteiger partial charge in [0.15, 0.2) is 0 Å². The van der Waals surface area contributed by atoms with Crippen molar-refractivity contribution in [2.24, 2.45) is 11.8 Å². The minimum Gasteiger partial charge on any atom is -0.313 e. The normalized spacial score (nSPS) is 27.0. The van der Waals surface area contributed by atoms with Crippen LogP contribution in [0.2, 0.25) is 0 Å². The van der Waals surface area contributed by atoms with E-state index >= 15 is 0 Å². The van der Waals surface area contributed by atoms with Crippen molar-refractivity contribution in [2.75, 3.05) is 13.1 Å². The van der Waals surface area contributed by atoms with Gasteiger partial charge >= 0.3 is 0 Å². The molecule has 1 saturated heterocycles. The average molecular weight is 353 g/mol. The van der Waals surface area contributed by atoms with Crippen LogP contribution in [-0.4, -0.2) is 24.0 Å². The summed E-state index contributed by atoms with van der Waals surface area (Å²) in [6.07, 6.45) is 1.36. The number of hydrogen-bond donors (Lipinski definition) is 1. The molecular weight excluding hydrogens is 324 g/mol. The molecular formula is C18H29BrN2. The van der Waals surface area contributed by atoms with Crippen LogP contribution in [0.15, 0.2) is 22.7 Å². The maximum Gasteiger partial charge on any atom is 0.0247 e. The van der Waals surface area contributed by atoms with Crippen molar-refractivity contribution in [3.63, 3.8) is 0 Å². The number of nitrogens with zero attached hydrogens (tertiary/aromatic N) is 1. The summed E-state index contributed by atoms with van der Waals surface area (Å²) in [5, 5.41) is 3.38. The smallest absolute Gasteiger partial charge is 0.0247 e. The van der Waals surface area contributed by atoms with Crippen LogP contribution < -0.4 is 5.32 Å². The van der Waals surface area contributed by atoms with Crippen molar-refractivity contribution >= 4 is 15.9 Å². The Balaban J connectivity index is 2.05. The molecule has 0 aliphatic carbocycles. The van der Waals surface area contributed by atoms with E-state index in [9.17, 15) is 0 Å². The topological polar surface area (TPSA) is 15.3 Å². The summed E-state index contributed by atoms with van der Waals surface area (Å²) < 4.78 is 1.25. The number of nitrogens with one attached hydrogen (secondary N) is 1. The molecule has 0 aromatic heterocycles. The summed E-state index contributed by atoms with van der Waals surface area (Å²) in [6, 6.07) is 7.48. The number of halogens is 1. The second-order valence-electron chi connectivity index (χ2n) is 6.69. The fourth-order valence-corrected chi connectivity index (χ4v) is 3.91. The Morgan fingerprint density at radius 2 is 2.05 bits per heavy atom. The highest BCUT2D eigenvalue weighted by atomic mass is 79.9. The zero-order valence-electron chi connectivity index (χ0n) is 13.8. The highest BCUT2D eigenvalue weighted by Crippen LogP contribution is 2.29. The third-order valence-electron chi connectivity index (χ3n) is 4.79. The zero-order chi connectivity index (χ0) is 15.4. The minimum absolute atomic E-state index is 0.675. The number of rotatable bonds is 5. The first-order valence-corrected chi connectivity index (χ1v) is 9.02. The van der Waals surface area contributed by atoms with Gasteiger partial charge in [0.05, 0.1) is 0 Å². The molecule has 1 fully saturated rings. The van der Waals surface area contributed by atoms with Gasteiger partial charge in [0.25, 0.3) is 0 Å². The second-order valence-corrected chi connectivity index (χ2v) is 7.55. The lowest BCUT2D eigenvalue weighted by Gasteiger charge is -2.41.